The Hall–Kier alpha value is -4.88. The molecule has 0 unspecified atom stereocenters. The number of hydrogen-bond donors (Lipinski definition) is 0. The molecule has 0 N–H and O–H groups in total. The van der Waals surface area contributed by atoms with Crippen LogP contribution in [0.1, 0.15) is 22.3 Å². The minimum absolute atomic E-state index is 0. The maximum atomic E-state index is 9.75. The van der Waals surface area contributed by atoms with E-state index in [0.29, 0.717) is 0 Å². The summed E-state index contributed by atoms with van der Waals surface area (Å²) in [4.78, 5) is 0. The van der Waals surface area contributed by atoms with Crippen LogP contribution < -0.4 is 20.7 Å². The van der Waals surface area contributed by atoms with E-state index in [1.807, 2.05) is 121 Å². The first-order valence-electron chi connectivity index (χ1n) is 23.8. The summed E-state index contributed by atoms with van der Waals surface area (Å²) in [5.74, 6) is 9.11. The van der Waals surface area contributed by atoms with Gasteiger partial charge in [0.15, 0.2) is 0 Å². The molecule has 394 valence electrons. The van der Waals surface area contributed by atoms with Gasteiger partial charge in [-0.15, -0.1) is 70.8 Å². The van der Waals surface area contributed by atoms with Crippen LogP contribution in [-0.4, -0.2) is 39.5 Å². The van der Waals surface area contributed by atoms with Crippen molar-refractivity contribution in [3.05, 3.63) is 266 Å². The third-order valence-electron chi connectivity index (χ3n) is 9.79. The molecule has 0 bridgehead atoms. The van der Waals surface area contributed by atoms with Gasteiger partial charge in [0, 0.05) is 16.1 Å². The van der Waals surface area contributed by atoms with Crippen molar-refractivity contribution >= 4 is 60.3 Å². The SMILES string of the molecule is C[Si](C)(C)c1cc[cH-]c1.C[Si](C)(C)c1cc[cH-]c1.C[Si](C)(C)c1ccc[cH-]1.C[Si](C)(C)c1ccc[cH-]1.F[B-](F)(F)F.[C-]#Cc1ccccc1.[C-]#Cc1ccccc1.[C-]#Cc1ccccc1.[C-]#Cc1ccccc1.[Cu+].[Ti+4].[Ti+4]. The molecule has 0 heterocycles. The fourth-order valence-corrected chi connectivity index (χ4v) is 10.4. The molecule has 0 amide bonds. The first-order chi connectivity index (χ1) is 34.1. The summed E-state index contributed by atoms with van der Waals surface area (Å²) in [5.41, 5.74) is 3.31. The van der Waals surface area contributed by atoms with Crippen molar-refractivity contribution in [3.8, 4) is 23.7 Å². The number of halogens is 4. The zero-order valence-corrected chi connectivity index (χ0v) is 54.2. The van der Waals surface area contributed by atoms with Crippen molar-refractivity contribution in [1.82, 2.24) is 0 Å². The molecule has 0 saturated carbocycles. The third-order valence-corrected chi connectivity index (χ3v) is 18.0. The number of rotatable bonds is 4. The minimum Gasteiger partial charge on any atom is -0.418 e. The Morgan fingerprint density at radius 1 is 0.342 bits per heavy atom. The van der Waals surface area contributed by atoms with E-state index >= 15 is 0 Å². The van der Waals surface area contributed by atoms with Gasteiger partial charge in [-0.05, 0) is 0 Å². The van der Waals surface area contributed by atoms with E-state index in [1.54, 1.807) is 20.7 Å². The van der Waals surface area contributed by atoms with Crippen molar-refractivity contribution in [2.75, 3.05) is 0 Å². The Balaban J connectivity index is -0.000000383. The molecular weight excluding hydrogens is 1130 g/mol. The second-order valence-electron chi connectivity index (χ2n) is 20.2. The fourth-order valence-electron chi connectivity index (χ4n) is 5.58. The zero-order chi connectivity index (χ0) is 55.4. The average molecular weight is 1200 g/mol. The maximum absolute atomic E-state index is 9.75. The molecule has 0 saturated heterocycles. The second-order valence-corrected chi connectivity index (χ2v) is 40.5. The van der Waals surface area contributed by atoms with E-state index in [0.717, 1.165) is 22.3 Å². The van der Waals surface area contributed by atoms with Crippen molar-refractivity contribution in [3.63, 3.8) is 0 Å². The fraction of sp³-hybridized carbons (Fsp3) is 0.188. The molecule has 0 radical (unpaired) electrons. The summed E-state index contributed by atoms with van der Waals surface area (Å²) < 4.78 is 39.0. The minimum atomic E-state index is -6.00. The average Bonchev–Trinajstić information content (AvgIpc) is 4.21. The summed E-state index contributed by atoms with van der Waals surface area (Å²) in [6, 6.07) is 72.3. The second kappa shape index (κ2) is 42.2. The summed E-state index contributed by atoms with van der Waals surface area (Å²) in [5, 5.41) is 6.23. The largest absolute Gasteiger partial charge is 4.00 e. The predicted octanol–water partition coefficient (Wildman–Crippen LogP) is 15.6. The van der Waals surface area contributed by atoms with E-state index in [4.69, 9.17) is 25.7 Å². The van der Waals surface area contributed by atoms with Gasteiger partial charge in [0.25, 0.3) is 0 Å². The van der Waals surface area contributed by atoms with Crippen molar-refractivity contribution < 1.29 is 77.8 Å². The molecule has 0 aromatic heterocycles. The zero-order valence-electron chi connectivity index (χ0n) is 46.2. The van der Waals surface area contributed by atoms with Crippen molar-refractivity contribution in [1.29, 1.82) is 0 Å². The molecule has 12 heteroatoms. The first kappa shape index (κ1) is 77.6. The summed E-state index contributed by atoms with van der Waals surface area (Å²) in [6.45, 7) is 28.4. The summed E-state index contributed by atoms with van der Waals surface area (Å²) in [7, 11) is -9.92. The Labute approximate surface area is 502 Å². The standard InChI is InChI=1S/4C8H13Si.4C8H5.BF4.Cu.2Ti/c4*1-9(2,3)8-6-4-5-7-8;4*1-2-8-6-4-3-5-7-8;2-1(3,4)5;;;/h4*4-7H,1-3H3;4*3-7H;;;;/q9*-1;+1;2*+4. The van der Waals surface area contributed by atoms with Crippen LogP contribution in [0.4, 0.5) is 17.3 Å². The Bertz CT molecular complexity index is 2330. The van der Waals surface area contributed by atoms with Gasteiger partial charge in [-0.1, -0.05) is 151 Å². The van der Waals surface area contributed by atoms with E-state index in [1.165, 1.54) is 0 Å². The van der Waals surface area contributed by atoms with E-state index in [-0.39, 0.29) is 60.5 Å². The summed E-state index contributed by atoms with van der Waals surface area (Å²) >= 11 is 0. The molecule has 0 aliphatic rings. The normalized spacial score (nSPS) is 9.74. The van der Waals surface area contributed by atoms with Crippen LogP contribution in [0.15, 0.2) is 218 Å². The molecule has 76 heavy (non-hydrogen) atoms. The molecule has 8 rings (SSSR count). The molecule has 0 spiro atoms. The molecule has 0 nitrogen and oxygen atoms in total. The Morgan fingerprint density at radius 2 is 0.566 bits per heavy atom. The predicted molar refractivity (Wildman–Crippen MR) is 321 cm³/mol. The van der Waals surface area contributed by atoms with Crippen LogP contribution in [0.3, 0.4) is 0 Å². The van der Waals surface area contributed by atoms with Gasteiger partial charge >= 0.3 is 67.8 Å². The van der Waals surface area contributed by atoms with Crippen LogP contribution in [0.5, 0.6) is 0 Å². The molecular formula is C64H72BCuF4Si4Ti2. The number of hydrogen-bond acceptors (Lipinski definition) is 0. The smallest absolute Gasteiger partial charge is 0.418 e. The molecule has 0 fully saturated rings. The monoisotopic (exact) mass is 1200 g/mol. The van der Waals surface area contributed by atoms with Crippen LogP contribution >= 0.6 is 0 Å². The molecule has 0 aliphatic carbocycles. The van der Waals surface area contributed by atoms with Gasteiger partial charge in [0.05, 0.1) is 16.1 Å². The van der Waals surface area contributed by atoms with Gasteiger partial charge in [-0.25, -0.2) is 46.8 Å². The van der Waals surface area contributed by atoms with Crippen molar-refractivity contribution in [2.45, 2.75) is 78.6 Å². The van der Waals surface area contributed by atoms with Crippen LogP contribution in [0, 0.1) is 49.4 Å². The maximum Gasteiger partial charge on any atom is 4.00 e. The first-order valence-corrected chi connectivity index (χ1v) is 37.8. The molecule has 0 atom stereocenters. The van der Waals surface area contributed by atoms with Gasteiger partial charge in [0.1, 0.15) is 0 Å². The molecule has 8 aromatic rings. The molecule has 8 aromatic carbocycles. The van der Waals surface area contributed by atoms with Gasteiger partial charge < -0.3 is 43.0 Å². The van der Waals surface area contributed by atoms with Crippen LogP contribution in [0.2, 0.25) is 78.6 Å². The van der Waals surface area contributed by atoms with Crippen LogP contribution in [-0.2, 0) is 60.5 Å². The van der Waals surface area contributed by atoms with E-state index < -0.39 is 39.5 Å². The number of benzene rings is 4. The van der Waals surface area contributed by atoms with Gasteiger partial charge in [0.2, 0.25) is 0 Å². The van der Waals surface area contributed by atoms with Crippen molar-refractivity contribution in [2.24, 2.45) is 0 Å². The quantitative estimate of drug-likeness (QED) is 0.0713. The Morgan fingerprint density at radius 3 is 0.658 bits per heavy atom. The molecule has 0 aliphatic heterocycles. The summed E-state index contributed by atoms with van der Waals surface area (Å²) in [6.07, 6.45) is 26.8. The van der Waals surface area contributed by atoms with Gasteiger partial charge in [-0.2, -0.15) is 71.0 Å². The van der Waals surface area contributed by atoms with E-state index in [2.05, 4.69) is 199 Å². The van der Waals surface area contributed by atoms with Crippen LogP contribution in [0.25, 0.3) is 0 Å². The Kier molecular flexibility index (Phi) is 43.1. The topological polar surface area (TPSA) is 0 Å². The van der Waals surface area contributed by atoms with Gasteiger partial charge in [-0.3, -0.25) is 23.7 Å². The van der Waals surface area contributed by atoms with E-state index in [9.17, 15) is 17.3 Å². The third kappa shape index (κ3) is 42.3.